The molecule has 0 radical (unpaired) electrons. The maximum Gasteiger partial charge on any atom is 0.223 e. The third kappa shape index (κ3) is 2.72. The van der Waals surface area contributed by atoms with Crippen LogP contribution in [0.15, 0.2) is 36.5 Å². The van der Waals surface area contributed by atoms with Gasteiger partial charge in [-0.15, -0.1) is 0 Å². The molecule has 0 saturated carbocycles. The number of rotatable bonds is 2. The maximum atomic E-state index is 5.97. The molecule has 0 amide bonds. The molecule has 3 aromatic rings. The standard InChI is InChI=1S/C20H21N5O/c1-14-4-7-25-17(10-14)12-18(23-25)16-11-15-2-3-19(22-20(15)26-13-16)24-8-5-21-6-9-24/h2-4,7,10-12,21H,5-6,8-9,13H2,1H3. The Morgan fingerprint density at radius 2 is 2.00 bits per heavy atom. The molecular weight excluding hydrogens is 326 g/mol. The minimum absolute atomic E-state index is 0.494. The number of anilines is 1. The molecule has 1 fully saturated rings. The topological polar surface area (TPSA) is 54.7 Å². The highest BCUT2D eigenvalue weighted by Gasteiger charge is 2.19. The zero-order valence-electron chi connectivity index (χ0n) is 14.8. The summed E-state index contributed by atoms with van der Waals surface area (Å²) in [7, 11) is 0. The summed E-state index contributed by atoms with van der Waals surface area (Å²) in [5.41, 5.74) is 5.37. The zero-order valence-corrected chi connectivity index (χ0v) is 14.8. The largest absolute Gasteiger partial charge is 0.472 e. The summed E-state index contributed by atoms with van der Waals surface area (Å²) in [6.07, 6.45) is 4.13. The Kier molecular flexibility index (Phi) is 3.64. The lowest BCUT2D eigenvalue weighted by atomic mass is 10.1. The van der Waals surface area contributed by atoms with E-state index in [0.717, 1.165) is 54.3 Å². The molecule has 0 atom stereocenters. The second-order valence-electron chi connectivity index (χ2n) is 6.86. The van der Waals surface area contributed by atoms with Gasteiger partial charge in [-0.25, -0.2) is 4.52 Å². The molecule has 26 heavy (non-hydrogen) atoms. The number of nitrogens with one attached hydrogen (secondary N) is 1. The highest BCUT2D eigenvalue weighted by atomic mass is 16.5. The average Bonchev–Trinajstić information content (AvgIpc) is 3.11. The minimum Gasteiger partial charge on any atom is -0.472 e. The van der Waals surface area contributed by atoms with E-state index in [0.29, 0.717) is 12.5 Å². The second-order valence-corrected chi connectivity index (χ2v) is 6.86. The van der Waals surface area contributed by atoms with Crippen molar-refractivity contribution < 1.29 is 4.74 Å². The first-order valence-corrected chi connectivity index (χ1v) is 9.03. The number of nitrogens with zero attached hydrogens (tertiary/aromatic N) is 4. The number of aromatic nitrogens is 3. The van der Waals surface area contributed by atoms with E-state index in [9.17, 15) is 0 Å². The zero-order chi connectivity index (χ0) is 17.5. The van der Waals surface area contributed by atoms with Crippen molar-refractivity contribution >= 4 is 23.0 Å². The van der Waals surface area contributed by atoms with Crippen LogP contribution < -0.4 is 15.0 Å². The van der Waals surface area contributed by atoms with Gasteiger partial charge < -0.3 is 15.0 Å². The smallest absolute Gasteiger partial charge is 0.223 e. The van der Waals surface area contributed by atoms with Crippen LogP contribution in [0.2, 0.25) is 0 Å². The predicted molar refractivity (Wildman–Crippen MR) is 103 cm³/mol. The van der Waals surface area contributed by atoms with Crippen molar-refractivity contribution in [3.05, 3.63) is 53.3 Å². The van der Waals surface area contributed by atoms with Gasteiger partial charge in [-0.2, -0.15) is 10.1 Å². The summed E-state index contributed by atoms with van der Waals surface area (Å²) in [6, 6.07) is 10.5. The van der Waals surface area contributed by atoms with Crippen molar-refractivity contribution in [2.45, 2.75) is 6.92 Å². The van der Waals surface area contributed by atoms with E-state index in [4.69, 9.17) is 9.72 Å². The molecule has 0 unspecified atom stereocenters. The third-order valence-electron chi connectivity index (χ3n) is 4.96. The van der Waals surface area contributed by atoms with Crippen LogP contribution >= 0.6 is 0 Å². The molecule has 5 rings (SSSR count). The fraction of sp³-hybridized carbons (Fsp3) is 0.300. The summed E-state index contributed by atoms with van der Waals surface area (Å²) >= 11 is 0. The first kappa shape index (κ1) is 15.4. The molecule has 0 aromatic carbocycles. The lowest BCUT2D eigenvalue weighted by Crippen LogP contribution is -2.43. The van der Waals surface area contributed by atoms with E-state index in [1.807, 2.05) is 10.7 Å². The molecule has 1 N–H and O–H groups in total. The monoisotopic (exact) mass is 347 g/mol. The molecule has 1 saturated heterocycles. The number of aryl methyl sites for hydroxylation is 1. The average molecular weight is 347 g/mol. The van der Waals surface area contributed by atoms with E-state index in [1.54, 1.807) is 0 Å². The van der Waals surface area contributed by atoms with E-state index in [-0.39, 0.29) is 0 Å². The summed E-state index contributed by atoms with van der Waals surface area (Å²) in [5.74, 6) is 1.70. The van der Waals surface area contributed by atoms with Crippen molar-refractivity contribution in [3.8, 4) is 5.88 Å². The molecule has 2 aliphatic heterocycles. The number of ether oxygens (including phenoxy) is 1. The molecule has 6 nitrogen and oxygen atoms in total. The lowest BCUT2D eigenvalue weighted by molar-refractivity contribution is 0.350. The number of hydrogen-bond donors (Lipinski definition) is 1. The van der Waals surface area contributed by atoms with Gasteiger partial charge in [0.15, 0.2) is 0 Å². The minimum atomic E-state index is 0.494. The molecule has 6 heteroatoms. The van der Waals surface area contributed by atoms with Crippen molar-refractivity contribution in [1.29, 1.82) is 0 Å². The summed E-state index contributed by atoms with van der Waals surface area (Å²) in [5, 5.41) is 8.04. The Morgan fingerprint density at radius 3 is 2.88 bits per heavy atom. The van der Waals surface area contributed by atoms with Crippen LogP contribution in [0.1, 0.15) is 16.8 Å². The molecule has 2 aliphatic rings. The molecular formula is C20H21N5O. The maximum absolute atomic E-state index is 5.97. The molecule has 0 aliphatic carbocycles. The van der Waals surface area contributed by atoms with Gasteiger partial charge in [0.2, 0.25) is 5.88 Å². The van der Waals surface area contributed by atoms with Gasteiger partial charge in [0.05, 0.1) is 11.2 Å². The molecule has 0 spiro atoms. The predicted octanol–water partition coefficient (Wildman–Crippen LogP) is 2.38. The number of pyridine rings is 2. The number of hydrogen-bond acceptors (Lipinski definition) is 5. The van der Waals surface area contributed by atoms with E-state index in [2.05, 4.69) is 58.6 Å². The summed E-state index contributed by atoms with van der Waals surface area (Å²) < 4.78 is 7.88. The Bertz CT molecular complexity index is 1000. The number of piperazine rings is 1. The highest BCUT2D eigenvalue weighted by molar-refractivity contribution is 5.85. The molecule has 3 aromatic heterocycles. The molecule has 5 heterocycles. The second kappa shape index (κ2) is 6.14. The van der Waals surface area contributed by atoms with Crippen molar-refractivity contribution in [2.24, 2.45) is 0 Å². The third-order valence-corrected chi connectivity index (χ3v) is 4.96. The van der Waals surface area contributed by atoms with Crippen LogP contribution in [-0.2, 0) is 0 Å². The van der Waals surface area contributed by atoms with Gasteiger partial charge in [-0.1, -0.05) is 0 Å². The quantitative estimate of drug-likeness (QED) is 0.771. The summed E-state index contributed by atoms with van der Waals surface area (Å²) in [6.45, 7) is 6.54. The van der Waals surface area contributed by atoms with Gasteiger partial charge in [0, 0.05) is 43.5 Å². The van der Waals surface area contributed by atoms with Gasteiger partial charge >= 0.3 is 0 Å². The van der Waals surface area contributed by atoms with Crippen LogP contribution in [0.5, 0.6) is 5.88 Å². The van der Waals surface area contributed by atoms with E-state index >= 15 is 0 Å². The van der Waals surface area contributed by atoms with Crippen LogP contribution in [0.25, 0.3) is 17.2 Å². The Morgan fingerprint density at radius 1 is 1.12 bits per heavy atom. The SMILES string of the molecule is Cc1ccn2nc(C3=Cc4ccc(N5CCNCC5)nc4OC3)cc2c1. The van der Waals surface area contributed by atoms with Gasteiger partial charge in [-0.3, -0.25) is 0 Å². The lowest BCUT2D eigenvalue weighted by Gasteiger charge is -2.29. The van der Waals surface area contributed by atoms with Crippen LogP contribution in [0.3, 0.4) is 0 Å². The van der Waals surface area contributed by atoms with Crippen molar-refractivity contribution in [2.75, 3.05) is 37.7 Å². The van der Waals surface area contributed by atoms with Crippen LogP contribution in [-0.4, -0.2) is 47.4 Å². The normalized spacial score (nSPS) is 17.0. The van der Waals surface area contributed by atoms with Gasteiger partial charge in [-0.05, 0) is 48.9 Å². The van der Waals surface area contributed by atoms with Gasteiger partial charge in [0.25, 0.3) is 0 Å². The number of fused-ring (bicyclic) bond motifs is 2. The van der Waals surface area contributed by atoms with E-state index in [1.165, 1.54) is 5.56 Å². The summed E-state index contributed by atoms with van der Waals surface area (Å²) in [4.78, 5) is 7.02. The fourth-order valence-corrected chi connectivity index (χ4v) is 3.52. The molecule has 0 bridgehead atoms. The first-order valence-electron chi connectivity index (χ1n) is 9.03. The van der Waals surface area contributed by atoms with Crippen LogP contribution in [0, 0.1) is 6.92 Å². The molecule has 132 valence electrons. The Balaban J connectivity index is 1.46. The van der Waals surface area contributed by atoms with Gasteiger partial charge in [0.1, 0.15) is 12.4 Å². The fourth-order valence-electron chi connectivity index (χ4n) is 3.52. The van der Waals surface area contributed by atoms with Crippen LogP contribution in [0.4, 0.5) is 5.82 Å². The van der Waals surface area contributed by atoms with Crippen molar-refractivity contribution in [3.63, 3.8) is 0 Å². The Hall–Kier alpha value is -2.86. The Labute approximate surface area is 152 Å². The van der Waals surface area contributed by atoms with Crippen molar-refractivity contribution in [1.82, 2.24) is 19.9 Å². The first-order chi connectivity index (χ1) is 12.8. The van der Waals surface area contributed by atoms with E-state index < -0.39 is 0 Å². The highest BCUT2D eigenvalue weighted by Crippen LogP contribution is 2.31.